The molecule has 0 radical (unpaired) electrons. The predicted octanol–water partition coefficient (Wildman–Crippen LogP) is 3.49. The van der Waals surface area contributed by atoms with E-state index in [4.69, 9.17) is 15.0 Å². The van der Waals surface area contributed by atoms with Crippen molar-refractivity contribution in [3.05, 3.63) is 50.3 Å². The van der Waals surface area contributed by atoms with E-state index in [1.165, 1.54) is 5.56 Å². The molecule has 0 amide bonds. The van der Waals surface area contributed by atoms with Crippen LogP contribution < -0.4 is 16.0 Å². The van der Waals surface area contributed by atoms with Crippen LogP contribution in [-0.2, 0) is 12.8 Å². The highest BCUT2D eigenvalue weighted by Crippen LogP contribution is 2.35. The molecule has 1 atom stereocenters. The van der Waals surface area contributed by atoms with Crippen LogP contribution in [-0.4, -0.2) is 6.61 Å². The fourth-order valence-corrected chi connectivity index (χ4v) is 3.35. The molecule has 3 rings (SSSR count). The smallest absolute Gasteiger partial charge is 0.169 e. The number of rotatable bonds is 4. The highest BCUT2D eigenvalue weighted by atomic mass is 79.9. The Balaban J connectivity index is 1.90. The van der Waals surface area contributed by atoms with Gasteiger partial charge in [0.15, 0.2) is 4.67 Å². The Morgan fingerprint density at radius 2 is 2.15 bits per heavy atom. The van der Waals surface area contributed by atoms with E-state index in [0.717, 1.165) is 34.6 Å². The van der Waals surface area contributed by atoms with Gasteiger partial charge in [0.25, 0.3) is 0 Å². The number of hydrazine groups is 1. The summed E-state index contributed by atoms with van der Waals surface area (Å²) in [4.78, 5) is 0. The van der Waals surface area contributed by atoms with Crippen molar-refractivity contribution in [1.29, 1.82) is 0 Å². The van der Waals surface area contributed by atoms with Gasteiger partial charge in [-0.05, 0) is 57.7 Å². The molecule has 0 bridgehead atoms. The van der Waals surface area contributed by atoms with E-state index >= 15 is 0 Å². The molecule has 0 aliphatic carbocycles. The fraction of sp³-hybridized carbons (Fsp3) is 0.286. The van der Waals surface area contributed by atoms with Crippen LogP contribution in [0.15, 0.2) is 37.8 Å². The number of hydrogen-bond donors (Lipinski definition) is 2. The van der Waals surface area contributed by atoms with E-state index in [1.807, 2.05) is 12.1 Å². The molecule has 2 heterocycles. The van der Waals surface area contributed by atoms with Crippen molar-refractivity contribution in [3.63, 3.8) is 0 Å². The first-order chi connectivity index (χ1) is 9.67. The topological polar surface area (TPSA) is 60.4 Å². The summed E-state index contributed by atoms with van der Waals surface area (Å²) in [5, 5.41) is 0. The average molecular weight is 402 g/mol. The molecule has 0 fully saturated rings. The second kappa shape index (κ2) is 5.89. The zero-order valence-electron chi connectivity index (χ0n) is 10.7. The number of halogens is 2. The summed E-state index contributed by atoms with van der Waals surface area (Å²) in [5.74, 6) is 7.45. The molecule has 2 aromatic rings. The van der Waals surface area contributed by atoms with Gasteiger partial charge in [-0.25, -0.2) is 5.43 Å². The molecule has 3 N–H and O–H groups in total. The molecule has 4 nitrogen and oxygen atoms in total. The van der Waals surface area contributed by atoms with E-state index in [0.29, 0.717) is 11.1 Å². The van der Waals surface area contributed by atoms with Gasteiger partial charge in [-0.15, -0.1) is 0 Å². The van der Waals surface area contributed by atoms with Crippen molar-refractivity contribution >= 4 is 31.9 Å². The molecule has 0 spiro atoms. The van der Waals surface area contributed by atoms with Crippen LogP contribution >= 0.6 is 31.9 Å². The fourth-order valence-electron chi connectivity index (χ4n) is 2.47. The number of nitrogens with two attached hydrogens (primary N) is 1. The van der Waals surface area contributed by atoms with E-state index in [9.17, 15) is 0 Å². The molecule has 1 aromatic heterocycles. The van der Waals surface area contributed by atoms with Gasteiger partial charge in [0.2, 0.25) is 0 Å². The first kappa shape index (κ1) is 14.1. The highest BCUT2D eigenvalue weighted by Gasteiger charge is 2.22. The normalized spacial score (nSPS) is 14.9. The van der Waals surface area contributed by atoms with Crippen LogP contribution in [0, 0.1) is 0 Å². The van der Waals surface area contributed by atoms with Gasteiger partial charge < -0.3 is 9.15 Å². The third-order valence-electron chi connectivity index (χ3n) is 3.39. The molecule has 1 aliphatic heterocycles. The summed E-state index contributed by atoms with van der Waals surface area (Å²) >= 11 is 6.86. The SMILES string of the molecule is NNC(Cc1cc(Br)cc2c1OCC2)c1ccc(Br)o1. The van der Waals surface area contributed by atoms with Crippen molar-refractivity contribution in [3.8, 4) is 5.75 Å². The molecule has 1 aromatic carbocycles. The molecule has 1 aliphatic rings. The maximum Gasteiger partial charge on any atom is 0.169 e. The van der Waals surface area contributed by atoms with Gasteiger partial charge >= 0.3 is 0 Å². The lowest BCUT2D eigenvalue weighted by Crippen LogP contribution is -2.29. The molecule has 106 valence electrons. The Kier molecular flexibility index (Phi) is 4.16. The van der Waals surface area contributed by atoms with Crippen LogP contribution in [0.1, 0.15) is 22.9 Å². The van der Waals surface area contributed by atoms with Gasteiger partial charge in [-0.3, -0.25) is 5.84 Å². The number of fused-ring (bicyclic) bond motifs is 1. The number of hydrogen-bond acceptors (Lipinski definition) is 4. The van der Waals surface area contributed by atoms with Gasteiger partial charge in [-0.2, -0.15) is 0 Å². The lowest BCUT2D eigenvalue weighted by molar-refractivity contribution is 0.348. The molecule has 6 heteroatoms. The van der Waals surface area contributed by atoms with E-state index < -0.39 is 0 Å². The van der Waals surface area contributed by atoms with Crippen molar-refractivity contribution in [2.45, 2.75) is 18.9 Å². The van der Waals surface area contributed by atoms with Crippen LogP contribution in [0.4, 0.5) is 0 Å². The maximum atomic E-state index is 5.74. The van der Waals surface area contributed by atoms with Gasteiger partial charge in [0.1, 0.15) is 11.5 Å². The minimum Gasteiger partial charge on any atom is -0.493 e. The summed E-state index contributed by atoms with van der Waals surface area (Å²) in [5.41, 5.74) is 5.17. The summed E-state index contributed by atoms with van der Waals surface area (Å²) in [6.07, 6.45) is 1.66. The zero-order chi connectivity index (χ0) is 14.1. The Hall–Kier alpha value is -0.820. The van der Waals surface area contributed by atoms with Gasteiger partial charge in [0.05, 0.1) is 12.6 Å². The van der Waals surface area contributed by atoms with Crippen molar-refractivity contribution in [2.75, 3.05) is 6.61 Å². The maximum absolute atomic E-state index is 5.74. The minimum absolute atomic E-state index is 0.0936. The van der Waals surface area contributed by atoms with E-state index in [1.54, 1.807) is 0 Å². The molecule has 1 unspecified atom stereocenters. The molecule has 20 heavy (non-hydrogen) atoms. The summed E-state index contributed by atoms with van der Waals surface area (Å²) in [6.45, 7) is 0.742. The molecular formula is C14H14Br2N2O2. The molecular weight excluding hydrogens is 388 g/mol. The Labute approximate surface area is 133 Å². The first-order valence-corrected chi connectivity index (χ1v) is 7.91. The Bertz CT molecular complexity index is 628. The van der Waals surface area contributed by atoms with Crippen LogP contribution in [0.3, 0.4) is 0 Å². The second-order valence-electron chi connectivity index (χ2n) is 4.72. The lowest BCUT2D eigenvalue weighted by atomic mass is 10.0. The average Bonchev–Trinajstić information content (AvgIpc) is 3.04. The van der Waals surface area contributed by atoms with Gasteiger partial charge in [0, 0.05) is 10.9 Å². The van der Waals surface area contributed by atoms with Crippen molar-refractivity contribution < 1.29 is 9.15 Å². The molecule has 0 saturated carbocycles. The number of ether oxygens (including phenoxy) is 1. The third-order valence-corrected chi connectivity index (χ3v) is 4.27. The van der Waals surface area contributed by atoms with Gasteiger partial charge in [-0.1, -0.05) is 15.9 Å². The van der Waals surface area contributed by atoms with Crippen molar-refractivity contribution in [1.82, 2.24) is 5.43 Å². The summed E-state index contributed by atoms with van der Waals surface area (Å²) < 4.78 is 13.1. The van der Waals surface area contributed by atoms with Crippen LogP contribution in [0.5, 0.6) is 5.75 Å². The quantitative estimate of drug-likeness (QED) is 0.608. The minimum atomic E-state index is -0.0936. The number of benzene rings is 1. The first-order valence-electron chi connectivity index (χ1n) is 6.33. The van der Waals surface area contributed by atoms with E-state index in [-0.39, 0.29) is 6.04 Å². The predicted molar refractivity (Wildman–Crippen MR) is 83.5 cm³/mol. The Morgan fingerprint density at radius 1 is 1.30 bits per heavy atom. The van der Waals surface area contributed by atoms with E-state index in [2.05, 4.69) is 49.4 Å². The largest absolute Gasteiger partial charge is 0.493 e. The summed E-state index contributed by atoms with van der Waals surface area (Å²) in [6, 6.07) is 7.87. The molecule has 0 saturated heterocycles. The second-order valence-corrected chi connectivity index (χ2v) is 6.41. The van der Waals surface area contributed by atoms with Crippen LogP contribution in [0.2, 0.25) is 0 Å². The highest BCUT2D eigenvalue weighted by molar-refractivity contribution is 9.10. The Morgan fingerprint density at radius 3 is 2.85 bits per heavy atom. The lowest BCUT2D eigenvalue weighted by Gasteiger charge is -2.16. The number of nitrogens with one attached hydrogen (secondary N) is 1. The number of furan rings is 1. The summed E-state index contributed by atoms with van der Waals surface area (Å²) in [7, 11) is 0. The standard InChI is InChI=1S/C14H14Br2N2O2/c15-10-5-8-3-4-19-14(8)9(6-10)7-11(18-17)12-1-2-13(16)20-12/h1-2,5-6,11,18H,3-4,7,17H2. The zero-order valence-corrected chi connectivity index (χ0v) is 13.8. The van der Waals surface area contributed by atoms with Crippen molar-refractivity contribution in [2.24, 2.45) is 5.84 Å². The monoisotopic (exact) mass is 400 g/mol. The van der Waals surface area contributed by atoms with Crippen LogP contribution in [0.25, 0.3) is 0 Å². The third kappa shape index (κ3) is 2.79.